The fourth-order valence-electron chi connectivity index (χ4n) is 3.39. The van der Waals surface area contributed by atoms with Crippen molar-refractivity contribution in [2.24, 2.45) is 0 Å². The lowest BCUT2D eigenvalue weighted by molar-refractivity contribution is 0.0675. The smallest absolute Gasteiger partial charge is 0.256 e. The molecule has 2 atom stereocenters. The Hall–Kier alpha value is -1.56. The Bertz CT molecular complexity index is 566. The molecule has 2 saturated heterocycles. The highest BCUT2D eigenvalue weighted by molar-refractivity contribution is 5.94. The number of halogens is 3. The van der Waals surface area contributed by atoms with Crippen LogP contribution in [0.4, 0.5) is 13.2 Å². The van der Waals surface area contributed by atoms with Crippen molar-refractivity contribution >= 4 is 5.91 Å². The van der Waals surface area contributed by atoms with E-state index in [0.717, 1.165) is 37.8 Å². The first-order valence-corrected chi connectivity index (χ1v) is 7.14. The Labute approximate surface area is 121 Å². The van der Waals surface area contributed by atoms with Crippen LogP contribution in [-0.2, 0) is 0 Å². The molecule has 2 fully saturated rings. The Morgan fingerprint density at radius 2 is 1.76 bits per heavy atom. The quantitative estimate of drug-likeness (QED) is 0.851. The summed E-state index contributed by atoms with van der Waals surface area (Å²) in [5.74, 6) is -4.90. The molecule has 0 saturated carbocycles. The molecule has 3 nitrogen and oxygen atoms in total. The highest BCUT2D eigenvalue weighted by atomic mass is 19.2. The largest absolute Gasteiger partial charge is 0.339 e. The summed E-state index contributed by atoms with van der Waals surface area (Å²) in [4.78, 5) is 13.8. The van der Waals surface area contributed by atoms with Crippen molar-refractivity contribution in [1.82, 2.24) is 10.2 Å². The van der Waals surface area contributed by atoms with E-state index < -0.39 is 28.9 Å². The molecule has 3 rings (SSSR count). The molecule has 21 heavy (non-hydrogen) atoms. The first kappa shape index (κ1) is 14.4. The molecular formula is C15H17F3N2O. The summed E-state index contributed by atoms with van der Waals surface area (Å²) in [7, 11) is 1.60. The molecule has 0 spiro atoms. The van der Waals surface area contributed by atoms with Gasteiger partial charge in [0.2, 0.25) is 0 Å². The zero-order valence-corrected chi connectivity index (χ0v) is 11.7. The fourth-order valence-corrected chi connectivity index (χ4v) is 3.39. The maximum Gasteiger partial charge on any atom is 0.256 e. The van der Waals surface area contributed by atoms with Crippen LogP contribution in [0.25, 0.3) is 0 Å². The molecule has 2 bridgehead atoms. The molecule has 2 aliphatic rings. The highest BCUT2D eigenvalue weighted by Crippen LogP contribution is 2.30. The van der Waals surface area contributed by atoms with E-state index in [1.807, 2.05) is 0 Å². The summed E-state index contributed by atoms with van der Waals surface area (Å²) in [5.41, 5.74) is -0.415. The van der Waals surface area contributed by atoms with Gasteiger partial charge >= 0.3 is 0 Å². The number of hydrogen-bond donors (Lipinski definition) is 1. The SMILES string of the molecule is CN(C(=O)c1ccc(F)c(F)c1F)C1CC2CCC(C1)N2. The van der Waals surface area contributed by atoms with Crippen molar-refractivity contribution in [3.63, 3.8) is 0 Å². The van der Waals surface area contributed by atoms with Gasteiger partial charge < -0.3 is 10.2 Å². The molecular weight excluding hydrogens is 281 g/mol. The Balaban J connectivity index is 1.80. The maximum atomic E-state index is 13.7. The number of nitrogens with zero attached hydrogens (tertiary/aromatic N) is 1. The van der Waals surface area contributed by atoms with Crippen molar-refractivity contribution in [3.05, 3.63) is 35.1 Å². The average molecular weight is 298 g/mol. The first-order chi connectivity index (χ1) is 9.97. The monoisotopic (exact) mass is 298 g/mol. The second kappa shape index (κ2) is 5.33. The summed E-state index contributed by atoms with van der Waals surface area (Å²) < 4.78 is 39.9. The topological polar surface area (TPSA) is 32.3 Å². The molecule has 2 unspecified atom stereocenters. The summed E-state index contributed by atoms with van der Waals surface area (Å²) in [6.45, 7) is 0. The van der Waals surface area contributed by atoms with Gasteiger partial charge in [0.25, 0.3) is 5.91 Å². The van der Waals surface area contributed by atoms with E-state index in [1.54, 1.807) is 7.05 Å². The minimum atomic E-state index is -1.60. The minimum Gasteiger partial charge on any atom is -0.339 e. The van der Waals surface area contributed by atoms with Gasteiger partial charge in [-0.05, 0) is 37.8 Å². The zero-order chi connectivity index (χ0) is 15.1. The van der Waals surface area contributed by atoms with E-state index in [0.29, 0.717) is 12.1 Å². The van der Waals surface area contributed by atoms with Crippen LogP contribution >= 0.6 is 0 Å². The first-order valence-electron chi connectivity index (χ1n) is 7.14. The summed E-state index contributed by atoms with van der Waals surface area (Å²) in [6, 6.07) is 2.56. The van der Waals surface area contributed by atoms with Gasteiger partial charge in [0.15, 0.2) is 17.5 Å². The Morgan fingerprint density at radius 1 is 1.14 bits per heavy atom. The van der Waals surface area contributed by atoms with Crippen LogP contribution in [0, 0.1) is 17.5 Å². The number of carbonyl (C=O) groups excluding carboxylic acids is 1. The van der Waals surface area contributed by atoms with Gasteiger partial charge in [-0.15, -0.1) is 0 Å². The summed E-state index contributed by atoms with van der Waals surface area (Å²) in [5, 5.41) is 3.46. The van der Waals surface area contributed by atoms with Crippen molar-refractivity contribution < 1.29 is 18.0 Å². The molecule has 1 N–H and O–H groups in total. The molecule has 1 amide bonds. The van der Waals surface area contributed by atoms with E-state index in [-0.39, 0.29) is 6.04 Å². The second-order valence-electron chi connectivity index (χ2n) is 5.90. The average Bonchev–Trinajstić information content (AvgIpc) is 2.82. The number of fused-ring (bicyclic) bond motifs is 2. The molecule has 0 aromatic heterocycles. The third kappa shape index (κ3) is 2.52. The lowest BCUT2D eigenvalue weighted by Gasteiger charge is -2.35. The van der Waals surface area contributed by atoms with Crippen LogP contribution < -0.4 is 5.32 Å². The normalized spacial score (nSPS) is 27.7. The molecule has 2 heterocycles. The number of piperidine rings is 1. The van der Waals surface area contributed by atoms with Crippen LogP contribution in [0.1, 0.15) is 36.0 Å². The molecule has 1 aromatic rings. The highest BCUT2D eigenvalue weighted by Gasteiger charge is 2.37. The fraction of sp³-hybridized carbons (Fsp3) is 0.533. The number of carbonyl (C=O) groups is 1. The van der Waals surface area contributed by atoms with Crippen molar-refractivity contribution in [2.75, 3.05) is 7.05 Å². The van der Waals surface area contributed by atoms with Gasteiger partial charge in [0.05, 0.1) is 5.56 Å². The van der Waals surface area contributed by atoms with Crippen LogP contribution in [0.3, 0.4) is 0 Å². The molecule has 0 aliphatic carbocycles. The number of amides is 1. The second-order valence-corrected chi connectivity index (χ2v) is 5.90. The Kier molecular flexibility index (Phi) is 3.65. The van der Waals surface area contributed by atoms with E-state index in [1.165, 1.54) is 4.90 Å². The lowest BCUT2D eigenvalue weighted by atomic mass is 9.98. The zero-order valence-electron chi connectivity index (χ0n) is 11.7. The van der Waals surface area contributed by atoms with Crippen LogP contribution in [0.5, 0.6) is 0 Å². The molecule has 114 valence electrons. The van der Waals surface area contributed by atoms with Crippen molar-refractivity contribution in [1.29, 1.82) is 0 Å². The standard InChI is InChI=1S/C15H17F3N2O/c1-20(10-6-8-2-3-9(7-10)19-8)15(21)11-4-5-12(16)14(18)13(11)17/h4-5,8-10,19H,2-3,6-7H2,1H3. The van der Waals surface area contributed by atoms with E-state index in [9.17, 15) is 18.0 Å². The summed E-state index contributed by atoms with van der Waals surface area (Å²) in [6.07, 6.45) is 3.79. The Morgan fingerprint density at radius 3 is 2.38 bits per heavy atom. The number of rotatable bonds is 2. The number of benzene rings is 1. The molecule has 2 aliphatic heterocycles. The van der Waals surface area contributed by atoms with Crippen LogP contribution in [-0.4, -0.2) is 36.0 Å². The van der Waals surface area contributed by atoms with E-state index in [4.69, 9.17) is 0 Å². The van der Waals surface area contributed by atoms with Gasteiger partial charge in [0, 0.05) is 25.2 Å². The third-order valence-corrected chi connectivity index (χ3v) is 4.58. The van der Waals surface area contributed by atoms with Crippen molar-refractivity contribution in [2.45, 2.75) is 43.8 Å². The third-order valence-electron chi connectivity index (χ3n) is 4.58. The van der Waals surface area contributed by atoms with Gasteiger partial charge in [0.1, 0.15) is 0 Å². The number of nitrogens with one attached hydrogen (secondary N) is 1. The van der Waals surface area contributed by atoms with E-state index >= 15 is 0 Å². The molecule has 0 radical (unpaired) electrons. The van der Waals surface area contributed by atoms with Crippen molar-refractivity contribution in [3.8, 4) is 0 Å². The van der Waals surface area contributed by atoms with E-state index in [2.05, 4.69) is 5.32 Å². The predicted molar refractivity (Wildman–Crippen MR) is 71.4 cm³/mol. The molecule has 1 aromatic carbocycles. The number of hydrogen-bond acceptors (Lipinski definition) is 2. The molecule has 6 heteroatoms. The predicted octanol–water partition coefficient (Wildman–Crippen LogP) is 2.46. The summed E-state index contributed by atoms with van der Waals surface area (Å²) >= 11 is 0. The van der Waals surface area contributed by atoms with Crippen LogP contribution in [0.15, 0.2) is 12.1 Å². The van der Waals surface area contributed by atoms with Crippen LogP contribution in [0.2, 0.25) is 0 Å². The minimum absolute atomic E-state index is 0.00349. The van der Waals surface area contributed by atoms with Gasteiger partial charge in [-0.2, -0.15) is 0 Å². The van der Waals surface area contributed by atoms with Gasteiger partial charge in [-0.25, -0.2) is 13.2 Å². The maximum absolute atomic E-state index is 13.7. The van der Waals surface area contributed by atoms with Gasteiger partial charge in [-0.1, -0.05) is 0 Å². The van der Waals surface area contributed by atoms with Gasteiger partial charge in [-0.3, -0.25) is 4.79 Å². The lowest BCUT2D eigenvalue weighted by Crippen LogP contribution is -2.48.